The predicted octanol–water partition coefficient (Wildman–Crippen LogP) is 2.85. The van der Waals surface area contributed by atoms with E-state index in [2.05, 4.69) is 6.07 Å². The average molecular weight is 320 g/mol. The molecule has 1 aromatic rings. The third kappa shape index (κ3) is 1.58. The molecule has 4 atom stereocenters. The van der Waals surface area contributed by atoms with Gasteiger partial charge in [0, 0.05) is 6.92 Å². The van der Waals surface area contributed by atoms with E-state index in [0.29, 0.717) is 12.0 Å². The topological polar surface area (TPSA) is 114 Å². The molecule has 0 amide bonds. The Kier molecular flexibility index (Phi) is 3.37. The number of nitriles is 3. The average Bonchev–Trinajstić information content (AvgIpc) is 2.79. The van der Waals surface area contributed by atoms with Gasteiger partial charge in [-0.1, -0.05) is 37.3 Å². The number of ether oxygens (including phenoxy) is 2. The maximum atomic E-state index is 10.1. The molecule has 2 heterocycles. The predicted molar refractivity (Wildman–Crippen MR) is 83.3 cm³/mol. The Morgan fingerprint density at radius 1 is 1.12 bits per heavy atom. The number of hydrogen-bond acceptors (Lipinski definition) is 6. The lowest BCUT2D eigenvalue weighted by Gasteiger charge is -2.48. The maximum Gasteiger partial charge on any atom is 0.218 e. The molecule has 0 aromatic heterocycles. The molecule has 6 nitrogen and oxygen atoms in total. The quantitative estimate of drug-likeness (QED) is 0.900. The Labute approximate surface area is 140 Å². The molecule has 6 heteroatoms. The second-order valence-corrected chi connectivity index (χ2v) is 6.26. The zero-order chi connectivity index (χ0) is 17.6. The standard InChI is InChI=1S/C18H16N4O2/c1-3-13-17(9-19,10-20)18(11-21)14(12-7-5-4-6-8-12)16(2,23-13)24-15(18)22/h4-8,13-14,22H,3H2,1-2H3. The summed E-state index contributed by atoms with van der Waals surface area (Å²) in [5.41, 5.74) is -2.83. The summed E-state index contributed by atoms with van der Waals surface area (Å²) in [6.07, 6.45) is -0.460. The Morgan fingerprint density at radius 2 is 1.75 bits per heavy atom. The second kappa shape index (κ2) is 5.06. The largest absolute Gasteiger partial charge is 0.447 e. The van der Waals surface area contributed by atoms with Crippen molar-refractivity contribution in [3.05, 3.63) is 35.9 Å². The van der Waals surface area contributed by atoms with Gasteiger partial charge >= 0.3 is 0 Å². The molecular formula is C18H16N4O2. The Morgan fingerprint density at radius 3 is 2.25 bits per heavy atom. The Hall–Kier alpha value is -2.88. The molecule has 1 aromatic carbocycles. The molecule has 2 bridgehead atoms. The molecule has 2 aliphatic heterocycles. The van der Waals surface area contributed by atoms with Crippen LogP contribution in [0, 0.1) is 50.2 Å². The molecule has 0 radical (unpaired) electrons. The third-order valence-corrected chi connectivity index (χ3v) is 5.13. The van der Waals surface area contributed by atoms with Gasteiger partial charge in [-0.3, -0.25) is 5.41 Å². The summed E-state index contributed by atoms with van der Waals surface area (Å²) < 4.78 is 11.7. The monoisotopic (exact) mass is 320 g/mol. The van der Waals surface area contributed by atoms with E-state index in [-0.39, 0.29) is 5.90 Å². The van der Waals surface area contributed by atoms with Gasteiger partial charge in [0.1, 0.15) is 0 Å². The van der Waals surface area contributed by atoms with Crippen molar-refractivity contribution in [3.63, 3.8) is 0 Å². The Balaban J connectivity index is 2.37. The van der Waals surface area contributed by atoms with Crippen molar-refractivity contribution in [2.75, 3.05) is 0 Å². The summed E-state index contributed by atoms with van der Waals surface area (Å²) in [5.74, 6) is -2.39. The van der Waals surface area contributed by atoms with Crippen molar-refractivity contribution in [2.24, 2.45) is 10.8 Å². The van der Waals surface area contributed by atoms with Gasteiger partial charge in [0.25, 0.3) is 0 Å². The van der Waals surface area contributed by atoms with E-state index in [0.717, 1.165) is 0 Å². The summed E-state index contributed by atoms with van der Waals surface area (Å²) in [4.78, 5) is 0. The lowest BCUT2D eigenvalue weighted by Crippen LogP contribution is -2.60. The number of fused-ring (bicyclic) bond motifs is 2. The fourth-order valence-corrected chi connectivity index (χ4v) is 4.13. The van der Waals surface area contributed by atoms with Gasteiger partial charge < -0.3 is 9.47 Å². The van der Waals surface area contributed by atoms with Gasteiger partial charge in [-0.15, -0.1) is 0 Å². The SMILES string of the molecule is CCC1OC2(C)OC(=N)C(C#N)(C2c2ccccc2)C1(C#N)C#N. The van der Waals surface area contributed by atoms with Crippen molar-refractivity contribution in [1.29, 1.82) is 21.2 Å². The molecule has 2 saturated heterocycles. The molecule has 0 aliphatic carbocycles. The van der Waals surface area contributed by atoms with Gasteiger partial charge in [0.15, 0.2) is 10.8 Å². The van der Waals surface area contributed by atoms with Crippen molar-refractivity contribution < 1.29 is 9.47 Å². The van der Waals surface area contributed by atoms with Crippen LogP contribution in [0.5, 0.6) is 0 Å². The van der Waals surface area contributed by atoms with Crippen LogP contribution in [-0.2, 0) is 9.47 Å². The van der Waals surface area contributed by atoms with E-state index in [1.807, 2.05) is 18.2 Å². The lowest BCUT2D eigenvalue weighted by atomic mass is 9.53. The van der Waals surface area contributed by atoms with E-state index < -0.39 is 28.6 Å². The van der Waals surface area contributed by atoms with Crippen LogP contribution in [0.2, 0.25) is 0 Å². The van der Waals surface area contributed by atoms with Gasteiger partial charge in [-0.2, -0.15) is 15.8 Å². The van der Waals surface area contributed by atoms with Crippen LogP contribution in [0.1, 0.15) is 31.7 Å². The maximum absolute atomic E-state index is 10.1. The fraction of sp³-hybridized carbons (Fsp3) is 0.444. The summed E-state index contributed by atoms with van der Waals surface area (Å²) >= 11 is 0. The minimum absolute atomic E-state index is 0.359. The number of nitrogens with one attached hydrogen (secondary N) is 1. The highest BCUT2D eigenvalue weighted by molar-refractivity contribution is 5.90. The molecule has 24 heavy (non-hydrogen) atoms. The summed E-state index contributed by atoms with van der Waals surface area (Å²) in [5, 5.41) is 38.1. The molecule has 2 fully saturated rings. The first-order valence-corrected chi connectivity index (χ1v) is 7.70. The number of nitrogens with zero attached hydrogens (tertiary/aromatic N) is 3. The number of benzene rings is 1. The van der Waals surface area contributed by atoms with E-state index in [1.54, 1.807) is 38.1 Å². The van der Waals surface area contributed by atoms with E-state index in [1.165, 1.54) is 0 Å². The van der Waals surface area contributed by atoms with Crippen molar-refractivity contribution in [1.82, 2.24) is 0 Å². The zero-order valence-electron chi connectivity index (χ0n) is 13.4. The van der Waals surface area contributed by atoms with Gasteiger partial charge in [-0.05, 0) is 12.0 Å². The molecule has 3 rings (SSSR count). The lowest BCUT2D eigenvalue weighted by molar-refractivity contribution is -0.250. The highest BCUT2D eigenvalue weighted by atomic mass is 16.7. The van der Waals surface area contributed by atoms with Crippen molar-refractivity contribution >= 4 is 5.90 Å². The number of rotatable bonds is 2. The summed E-state index contributed by atoms with van der Waals surface area (Å²) in [7, 11) is 0. The van der Waals surface area contributed by atoms with Crippen LogP contribution in [-0.4, -0.2) is 17.8 Å². The molecule has 120 valence electrons. The highest BCUT2D eigenvalue weighted by Gasteiger charge is 2.79. The van der Waals surface area contributed by atoms with Crippen molar-refractivity contribution in [3.8, 4) is 18.2 Å². The van der Waals surface area contributed by atoms with Crippen LogP contribution >= 0.6 is 0 Å². The van der Waals surface area contributed by atoms with Crippen LogP contribution < -0.4 is 0 Å². The minimum atomic E-state index is -1.82. The van der Waals surface area contributed by atoms with E-state index >= 15 is 0 Å². The molecule has 0 spiro atoms. The third-order valence-electron chi connectivity index (χ3n) is 5.13. The first-order chi connectivity index (χ1) is 11.5. The van der Waals surface area contributed by atoms with Crippen LogP contribution in [0.15, 0.2) is 30.3 Å². The molecule has 1 N–H and O–H groups in total. The highest BCUT2D eigenvalue weighted by Crippen LogP contribution is 2.66. The normalized spacial score (nSPS) is 36.0. The van der Waals surface area contributed by atoms with Crippen LogP contribution in [0.25, 0.3) is 0 Å². The van der Waals surface area contributed by atoms with Crippen molar-refractivity contribution in [2.45, 2.75) is 38.1 Å². The summed E-state index contributed by atoms with van der Waals surface area (Å²) in [6.45, 7) is 3.45. The van der Waals surface area contributed by atoms with Gasteiger partial charge in [0.05, 0.1) is 30.2 Å². The van der Waals surface area contributed by atoms with Gasteiger partial charge in [-0.25, -0.2) is 0 Å². The van der Waals surface area contributed by atoms with E-state index in [4.69, 9.17) is 14.9 Å². The molecule has 0 saturated carbocycles. The fourth-order valence-electron chi connectivity index (χ4n) is 4.13. The second-order valence-electron chi connectivity index (χ2n) is 6.26. The molecular weight excluding hydrogens is 304 g/mol. The molecule has 2 aliphatic rings. The first kappa shape index (κ1) is 16.0. The Bertz CT molecular complexity index is 802. The zero-order valence-corrected chi connectivity index (χ0v) is 13.4. The summed E-state index contributed by atoms with van der Waals surface area (Å²) in [6, 6.07) is 15.2. The van der Waals surface area contributed by atoms with E-state index in [9.17, 15) is 15.8 Å². The smallest absolute Gasteiger partial charge is 0.218 e. The van der Waals surface area contributed by atoms with Gasteiger partial charge in [0.2, 0.25) is 11.7 Å². The molecule has 4 unspecified atom stereocenters. The first-order valence-electron chi connectivity index (χ1n) is 7.70. The minimum Gasteiger partial charge on any atom is -0.447 e. The van der Waals surface area contributed by atoms with Crippen LogP contribution in [0.3, 0.4) is 0 Å². The van der Waals surface area contributed by atoms with Crippen LogP contribution in [0.4, 0.5) is 0 Å². The number of hydrogen-bond donors (Lipinski definition) is 1.